The Bertz CT molecular complexity index is 653. The zero-order valence-corrected chi connectivity index (χ0v) is 11.6. The van der Waals surface area contributed by atoms with E-state index in [0.29, 0.717) is 11.1 Å². The lowest BCUT2D eigenvalue weighted by atomic mass is 9.80. The number of aromatic hydroxyl groups is 2. The molecular weight excluding hydrogens is 284 g/mol. The summed E-state index contributed by atoms with van der Waals surface area (Å²) in [5.74, 6) is -3.71. The average molecular weight is 300 g/mol. The summed E-state index contributed by atoms with van der Waals surface area (Å²) in [6.07, 6.45) is 0. The van der Waals surface area contributed by atoms with E-state index in [1.807, 2.05) is 0 Å². The highest BCUT2D eigenvalue weighted by atomic mass is 16.3. The fourth-order valence-electron chi connectivity index (χ4n) is 2.48. The molecule has 2 aromatic rings. The van der Waals surface area contributed by atoms with E-state index in [1.54, 1.807) is 24.3 Å². The molecule has 0 aliphatic carbocycles. The Morgan fingerprint density at radius 1 is 0.773 bits per heavy atom. The second-order valence-electron chi connectivity index (χ2n) is 4.95. The van der Waals surface area contributed by atoms with Crippen molar-refractivity contribution in [3.8, 4) is 11.5 Å². The third-order valence-corrected chi connectivity index (χ3v) is 3.41. The largest absolute Gasteiger partial charge is 0.508 e. The number of carbonyl (C=O) groups excluding carboxylic acids is 2. The molecule has 0 radical (unpaired) electrons. The van der Waals surface area contributed by atoms with Crippen molar-refractivity contribution in [2.24, 2.45) is 11.5 Å². The molecule has 0 heterocycles. The highest BCUT2D eigenvalue weighted by molar-refractivity contribution is 5.93. The number of hydrogen-bond donors (Lipinski definition) is 4. The van der Waals surface area contributed by atoms with Crippen LogP contribution in [-0.2, 0) is 9.59 Å². The lowest BCUT2D eigenvalue weighted by molar-refractivity contribution is -0.126. The Hall–Kier alpha value is -3.02. The van der Waals surface area contributed by atoms with Crippen molar-refractivity contribution in [1.29, 1.82) is 0 Å². The van der Waals surface area contributed by atoms with Crippen LogP contribution in [0.3, 0.4) is 0 Å². The van der Waals surface area contributed by atoms with Gasteiger partial charge in [0.05, 0.1) is 11.8 Å². The van der Waals surface area contributed by atoms with Gasteiger partial charge in [-0.15, -0.1) is 0 Å². The standard InChI is InChI=1S/C16H16N2O4/c17-15(21)13(9-3-1-5-11(19)7-9)14(16(18)22)10-4-2-6-12(20)8-10/h1-8,13-14,19-20H,(H2,17,21)(H2,18,22). The summed E-state index contributed by atoms with van der Waals surface area (Å²) >= 11 is 0. The van der Waals surface area contributed by atoms with Crippen LogP contribution in [0, 0.1) is 0 Å². The summed E-state index contributed by atoms with van der Waals surface area (Å²) in [4.78, 5) is 23.8. The molecule has 0 bridgehead atoms. The minimum Gasteiger partial charge on any atom is -0.508 e. The fraction of sp³-hybridized carbons (Fsp3) is 0.125. The number of primary amides is 2. The number of benzene rings is 2. The summed E-state index contributed by atoms with van der Waals surface area (Å²) in [5.41, 5.74) is 11.6. The van der Waals surface area contributed by atoms with Gasteiger partial charge in [0.2, 0.25) is 11.8 Å². The number of nitrogens with two attached hydrogens (primary N) is 2. The summed E-state index contributed by atoms with van der Waals surface area (Å²) in [7, 11) is 0. The monoisotopic (exact) mass is 300 g/mol. The van der Waals surface area contributed by atoms with Gasteiger partial charge >= 0.3 is 0 Å². The van der Waals surface area contributed by atoms with Crippen molar-refractivity contribution in [3.63, 3.8) is 0 Å². The normalized spacial score (nSPS) is 13.3. The first kappa shape index (κ1) is 15.4. The summed E-state index contributed by atoms with van der Waals surface area (Å²) in [6.45, 7) is 0. The first-order chi connectivity index (χ1) is 10.4. The van der Waals surface area contributed by atoms with Gasteiger partial charge in [0, 0.05) is 0 Å². The van der Waals surface area contributed by atoms with E-state index in [9.17, 15) is 19.8 Å². The van der Waals surface area contributed by atoms with Crippen molar-refractivity contribution >= 4 is 11.8 Å². The van der Waals surface area contributed by atoms with Crippen LogP contribution in [0.2, 0.25) is 0 Å². The molecular formula is C16H16N2O4. The Labute approximate surface area is 127 Å². The second kappa shape index (κ2) is 6.17. The number of phenolic OH excluding ortho intramolecular Hbond substituents is 2. The Morgan fingerprint density at radius 2 is 1.14 bits per heavy atom. The number of hydrogen-bond acceptors (Lipinski definition) is 4. The van der Waals surface area contributed by atoms with Crippen LogP contribution in [0.1, 0.15) is 23.0 Å². The highest BCUT2D eigenvalue weighted by Crippen LogP contribution is 2.35. The van der Waals surface area contributed by atoms with Crippen LogP contribution in [-0.4, -0.2) is 22.0 Å². The van der Waals surface area contributed by atoms with Crippen LogP contribution in [0.15, 0.2) is 48.5 Å². The molecule has 114 valence electrons. The van der Waals surface area contributed by atoms with E-state index in [2.05, 4.69) is 0 Å². The molecule has 0 aromatic heterocycles. The molecule has 0 spiro atoms. The Morgan fingerprint density at radius 3 is 1.41 bits per heavy atom. The molecule has 6 N–H and O–H groups in total. The van der Waals surface area contributed by atoms with Gasteiger partial charge in [-0.3, -0.25) is 9.59 Å². The highest BCUT2D eigenvalue weighted by Gasteiger charge is 2.34. The molecule has 0 saturated carbocycles. The third-order valence-electron chi connectivity index (χ3n) is 3.41. The van der Waals surface area contributed by atoms with Gasteiger partial charge in [0.15, 0.2) is 0 Å². The predicted octanol–water partition coefficient (Wildman–Crippen LogP) is 0.936. The molecule has 0 aliphatic rings. The van der Waals surface area contributed by atoms with Gasteiger partial charge in [-0.05, 0) is 35.4 Å². The van der Waals surface area contributed by atoms with E-state index in [4.69, 9.17) is 11.5 Å². The molecule has 0 fully saturated rings. The maximum atomic E-state index is 11.9. The van der Waals surface area contributed by atoms with Gasteiger partial charge in [-0.2, -0.15) is 0 Å². The van der Waals surface area contributed by atoms with Crippen molar-refractivity contribution in [2.75, 3.05) is 0 Å². The zero-order chi connectivity index (χ0) is 16.3. The molecule has 0 saturated heterocycles. The maximum absolute atomic E-state index is 11.9. The van der Waals surface area contributed by atoms with Gasteiger partial charge in [0.1, 0.15) is 11.5 Å². The summed E-state index contributed by atoms with van der Waals surface area (Å²) in [6, 6.07) is 11.8. The fourth-order valence-corrected chi connectivity index (χ4v) is 2.48. The minimum atomic E-state index is -1.05. The van der Waals surface area contributed by atoms with Gasteiger partial charge in [0.25, 0.3) is 0 Å². The van der Waals surface area contributed by atoms with E-state index < -0.39 is 23.7 Å². The molecule has 2 unspecified atom stereocenters. The molecule has 2 rings (SSSR count). The van der Waals surface area contributed by atoms with Crippen LogP contribution in [0.25, 0.3) is 0 Å². The minimum absolute atomic E-state index is 0.0529. The molecule has 6 nitrogen and oxygen atoms in total. The zero-order valence-electron chi connectivity index (χ0n) is 11.6. The number of amides is 2. The van der Waals surface area contributed by atoms with Crippen molar-refractivity contribution < 1.29 is 19.8 Å². The van der Waals surface area contributed by atoms with E-state index >= 15 is 0 Å². The Balaban J connectivity index is 2.56. The molecule has 6 heteroatoms. The van der Waals surface area contributed by atoms with Gasteiger partial charge < -0.3 is 21.7 Å². The van der Waals surface area contributed by atoms with Crippen LogP contribution in [0.5, 0.6) is 11.5 Å². The smallest absolute Gasteiger partial charge is 0.226 e. The second-order valence-corrected chi connectivity index (χ2v) is 4.95. The first-order valence-electron chi connectivity index (χ1n) is 6.56. The van der Waals surface area contributed by atoms with Crippen LogP contribution in [0.4, 0.5) is 0 Å². The maximum Gasteiger partial charge on any atom is 0.226 e. The van der Waals surface area contributed by atoms with E-state index in [1.165, 1.54) is 24.3 Å². The molecule has 2 aromatic carbocycles. The predicted molar refractivity (Wildman–Crippen MR) is 80.1 cm³/mol. The van der Waals surface area contributed by atoms with Crippen molar-refractivity contribution in [2.45, 2.75) is 11.8 Å². The molecule has 0 aliphatic heterocycles. The van der Waals surface area contributed by atoms with Crippen molar-refractivity contribution in [1.82, 2.24) is 0 Å². The molecule has 2 atom stereocenters. The number of phenols is 2. The van der Waals surface area contributed by atoms with Crippen LogP contribution >= 0.6 is 0 Å². The lowest BCUT2D eigenvalue weighted by Gasteiger charge is -2.23. The first-order valence-corrected chi connectivity index (χ1v) is 6.56. The number of rotatable bonds is 5. The van der Waals surface area contributed by atoms with Gasteiger partial charge in [-0.1, -0.05) is 24.3 Å². The average Bonchev–Trinajstić information content (AvgIpc) is 2.43. The number of carbonyl (C=O) groups is 2. The SMILES string of the molecule is NC(=O)C(c1cccc(O)c1)C(C(N)=O)c1cccc(O)c1. The topological polar surface area (TPSA) is 127 Å². The van der Waals surface area contributed by atoms with E-state index in [0.717, 1.165) is 0 Å². The molecule has 22 heavy (non-hydrogen) atoms. The summed E-state index contributed by atoms with van der Waals surface area (Å²) < 4.78 is 0. The quantitative estimate of drug-likeness (QED) is 0.655. The van der Waals surface area contributed by atoms with E-state index in [-0.39, 0.29) is 11.5 Å². The lowest BCUT2D eigenvalue weighted by Crippen LogP contribution is -2.34. The molecule has 2 amide bonds. The third kappa shape index (κ3) is 3.17. The summed E-state index contributed by atoms with van der Waals surface area (Å²) in [5, 5.41) is 19.1. The van der Waals surface area contributed by atoms with Crippen molar-refractivity contribution in [3.05, 3.63) is 59.7 Å². The van der Waals surface area contributed by atoms with Crippen LogP contribution < -0.4 is 11.5 Å². The van der Waals surface area contributed by atoms with Gasteiger partial charge in [-0.25, -0.2) is 0 Å². The Kier molecular flexibility index (Phi) is 4.31.